The van der Waals surface area contributed by atoms with Crippen LogP contribution in [0.5, 0.6) is 0 Å². The Morgan fingerprint density at radius 1 is 1.23 bits per heavy atom. The van der Waals surface area contributed by atoms with Crippen LogP contribution in [0.1, 0.15) is 20.3 Å². The van der Waals surface area contributed by atoms with E-state index in [2.05, 4.69) is 26.0 Å². The van der Waals surface area contributed by atoms with E-state index < -0.39 is 0 Å². The molecule has 0 amide bonds. The largest absolute Gasteiger partial charge is 0.299 e. The SMILES string of the molecule is CC1C(=O)C2C3C=CC(C3)C2C1C. The third-order valence-corrected chi connectivity index (χ3v) is 4.69. The van der Waals surface area contributed by atoms with Crippen LogP contribution in [0.4, 0.5) is 0 Å². The van der Waals surface area contributed by atoms with E-state index >= 15 is 0 Å². The van der Waals surface area contributed by atoms with Crippen molar-refractivity contribution in [1.82, 2.24) is 0 Å². The van der Waals surface area contributed by atoms with E-state index in [1.807, 2.05) is 0 Å². The minimum atomic E-state index is 0.320. The van der Waals surface area contributed by atoms with Gasteiger partial charge in [-0.25, -0.2) is 0 Å². The first-order valence-corrected chi connectivity index (χ1v) is 5.42. The molecule has 13 heavy (non-hydrogen) atoms. The number of carbonyl (C=O) groups excluding carboxylic acids is 1. The van der Waals surface area contributed by atoms with Gasteiger partial charge in [0.2, 0.25) is 0 Å². The van der Waals surface area contributed by atoms with Crippen LogP contribution in [0.25, 0.3) is 0 Å². The molecule has 2 fully saturated rings. The van der Waals surface area contributed by atoms with Crippen molar-refractivity contribution < 1.29 is 4.79 Å². The zero-order valence-electron chi connectivity index (χ0n) is 8.23. The number of ketones is 1. The summed E-state index contributed by atoms with van der Waals surface area (Å²) in [5.74, 6) is 3.93. The number of allylic oxidation sites excluding steroid dienone is 2. The normalized spacial score (nSPS) is 57.5. The smallest absolute Gasteiger partial charge is 0.139 e. The standard InChI is InChI=1S/C12H16O/c1-6-7(2)12(13)11-9-4-3-8(5-9)10(6)11/h3-4,6-11H,5H2,1-2H3. The molecule has 1 nitrogen and oxygen atoms in total. The van der Waals surface area contributed by atoms with E-state index in [4.69, 9.17) is 0 Å². The Hall–Kier alpha value is -0.590. The van der Waals surface area contributed by atoms with Gasteiger partial charge in [-0.3, -0.25) is 4.79 Å². The molecule has 3 rings (SSSR count). The lowest BCUT2D eigenvalue weighted by Crippen LogP contribution is -2.21. The van der Waals surface area contributed by atoms with Crippen LogP contribution in [-0.4, -0.2) is 5.78 Å². The van der Waals surface area contributed by atoms with Crippen molar-refractivity contribution in [3.63, 3.8) is 0 Å². The highest BCUT2D eigenvalue weighted by atomic mass is 16.1. The van der Waals surface area contributed by atoms with Crippen molar-refractivity contribution in [2.45, 2.75) is 20.3 Å². The van der Waals surface area contributed by atoms with E-state index in [1.54, 1.807) is 0 Å². The lowest BCUT2D eigenvalue weighted by molar-refractivity contribution is -0.124. The van der Waals surface area contributed by atoms with E-state index in [0.29, 0.717) is 35.4 Å². The maximum absolute atomic E-state index is 12.0. The highest BCUT2D eigenvalue weighted by molar-refractivity contribution is 5.87. The Morgan fingerprint density at radius 3 is 2.62 bits per heavy atom. The summed E-state index contributed by atoms with van der Waals surface area (Å²) in [5, 5.41) is 0. The van der Waals surface area contributed by atoms with E-state index in [0.717, 1.165) is 5.92 Å². The first kappa shape index (κ1) is 7.78. The van der Waals surface area contributed by atoms with Gasteiger partial charge in [0.15, 0.2) is 0 Å². The van der Waals surface area contributed by atoms with Crippen LogP contribution in [0.15, 0.2) is 12.2 Å². The molecule has 3 aliphatic rings. The molecular formula is C12H16O. The zero-order valence-corrected chi connectivity index (χ0v) is 8.23. The Balaban J connectivity index is 2.03. The van der Waals surface area contributed by atoms with Crippen LogP contribution in [-0.2, 0) is 4.79 Å². The molecule has 0 spiro atoms. The van der Waals surface area contributed by atoms with Gasteiger partial charge in [0.05, 0.1) is 0 Å². The Labute approximate surface area is 79.2 Å². The molecular weight excluding hydrogens is 160 g/mol. The number of Topliss-reactive ketones (excluding diaryl/α,β-unsaturated/α-hetero) is 1. The summed E-state index contributed by atoms with van der Waals surface area (Å²) in [6.07, 6.45) is 5.90. The number of rotatable bonds is 0. The maximum atomic E-state index is 12.0. The van der Waals surface area contributed by atoms with Gasteiger partial charge in [0, 0.05) is 11.8 Å². The van der Waals surface area contributed by atoms with E-state index in [1.165, 1.54) is 6.42 Å². The molecule has 0 aromatic heterocycles. The number of hydrogen-bond donors (Lipinski definition) is 0. The van der Waals surface area contributed by atoms with Crippen molar-refractivity contribution in [2.75, 3.05) is 0 Å². The number of carbonyl (C=O) groups is 1. The quantitative estimate of drug-likeness (QED) is 0.517. The molecule has 70 valence electrons. The fourth-order valence-corrected chi connectivity index (χ4v) is 3.87. The van der Waals surface area contributed by atoms with Crippen molar-refractivity contribution >= 4 is 5.78 Å². The lowest BCUT2D eigenvalue weighted by atomic mass is 9.81. The molecule has 6 unspecified atom stereocenters. The summed E-state index contributed by atoms with van der Waals surface area (Å²) in [5.41, 5.74) is 0. The van der Waals surface area contributed by atoms with Gasteiger partial charge < -0.3 is 0 Å². The van der Waals surface area contributed by atoms with Gasteiger partial charge in [-0.2, -0.15) is 0 Å². The fourth-order valence-electron chi connectivity index (χ4n) is 3.87. The molecule has 0 radical (unpaired) electrons. The molecule has 6 atom stereocenters. The summed E-state index contributed by atoms with van der Waals surface area (Å²) >= 11 is 0. The Morgan fingerprint density at radius 2 is 1.92 bits per heavy atom. The van der Waals surface area contributed by atoms with Crippen molar-refractivity contribution in [1.29, 1.82) is 0 Å². The van der Waals surface area contributed by atoms with Crippen LogP contribution in [0.2, 0.25) is 0 Å². The maximum Gasteiger partial charge on any atom is 0.139 e. The fraction of sp³-hybridized carbons (Fsp3) is 0.750. The summed E-state index contributed by atoms with van der Waals surface area (Å²) < 4.78 is 0. The molecule has 2 bridgehead atoms. The lowest BCUT2D eigenvalue weighted by Gasteiger charge is -2.22. The second kappa shape index (κ2) is 2.26. The Kier molecular flexibility index (Phi) is 1.35. The first-order valence-electron chi connectivity index (χ1n) is 5.42. The molecule has 0 N–H and O–H groups in total. The van der Waals surface area contributed by atoms with Crippen LogP contribution >= 0.6 is 0 Å². The highest BCUT2D eigenvalue weighted by Gasteiger charge is 2.56. The second-order valence-electron chi connectivity index (χ2n) is 5.10. The molecule has 0 heterocycles. The molecule has 3 aliphatic carbocycles. The van der Waals surface area contributed by atoms with Crippen molar-refractivity contribution in [2.24, 2.45) is 35.5 Å². The minimum absolute atomic E-state index is 0.320. The average Bonchev–Trinajstić information content (AvgIpc) is 2.76. The zero-order chi connectivity index (χ0) is 9.16. The van der Waals surface area contributed by atoms with Gasteiger partial charge in [0.1, 0.15) is 5.78 Å². The van der Waals surface area contributed by atoms with Gasteiger partial charge in [0.25, 0.3) is 0 Å². The molecule has 1 heteroatoms. The summed E-state index contributed by atoms with van der Waals surface area (Å²) in [4.78, 5) is 12.0. The predicted molar refractivity (Wildman–Crippen MR) is 51.1 cm³/mol. The van der Waals surface area contributed by atoms with E-state index in [-0.39, 0.29) is 0 Å². The Bertz CT molecular complexity index is 291. The first-order chi connectivity index (χ1) is 6.20. The van der Waals surface area contributed by atoms with Crippen LogP contribution < -0.4 is 0 Å². The third kappa shape index (κ3) is 0.762. The number of hydrogen-bond acceptors (Lipinski definition) is 1. The predicted octanol–water partition coefficient (Wildman–Crippen LogP) is 2.28. The number of fused-ring (bicyclic) bond motifs is 5. The van der Waals surface area contributed by atoms with Gasteiger partial charge in [-0.1, -0.05) is 26.0 Å². The topological polar surface area (TPSA) is 17.1 Å². The molecule has 0 aliphatic heterocycles. The van der Waals surface area contributed by atoms with Crippen molar-refractivity contribution in [3.05, 3.63) is 12.2 Å². The molecule has 0 aromatic rings. The summed E-state index contributed by atoms with van der Waals surface area (Å²) in [7, 11) is 0. The van der Waals surface area contributed by atoms with Gasteiger partial charge >= 0.3 is 0 Å². The summed E-state index contributed by atoms with van der Waals surface area (Å²) in [6, 6.07) is 0. The van der Waals surface area contributed by atoms with Crippen LogP contribution in [0, 0.1) is 35.5 Å². The molecule has 0 saturated heterocycles. The minimum Gasteiger partial charge on any atom is -0.299 e. The van der Waals surface area contributed by atoms with Crippen molar-refractivity contribution in [3.8, 4) is 0 Å². The molecule has 0 aromatic carbocycles. The van der Waals surface area contributed by atoms with E-state index in [9.17, 15) is 4.79 Å². The van der Waals surface area contributed by atoms with Gasteiger partial charge in [-0.15, -0.1) is 0 Å². The monoisotopic (exact) mass is 176 g/mol. The summed E-state index contributed by atoms with van der Waals surface area (Å²) in [6.45, 7) is 4.38. The second-order valence-corrected chi connectivity index (χ2v) is 5.10. The van der Waals surface area contributed by atoms with Crippen LogP contribution in [0.3, 0.4) is 0 Å². The average molecular weight is 176 g/mol. The van der Waals surface area contributed by atoms with Gasteiger partial charge in [-0.05, 0) is 30.1 Å². The third-order valence-electron chi connectivity index (χ3n) is 4.69. The molecule has 2 saturated carbocycles. The highest BCUT2D eigenvalue weighted by Crippen LogP contribution is 2.57.